The van der Waals surface area contributed by atoms with E-state index >= 15 is 0 Å². The van der Waals surface area contributed by atoms with Gasteiger partial charge in [0.25, 0.3) is 0 Å². The first-order valence-corrected chi connectivity index (χ1v) is 9.71. The molecule has 29 heavy (non-hydrogen) atoms. The lowest BCUT2D eigenvalue weighted by Gasteiger charge is -2.19. The van der Waals surface area contributed by atoms with Crippen molar-refractivity contribution in [1.29, 1.82) is 0 Å². The number of carbonyl (C=O) groups is 2. The highest BCUT2D eigenvalue weighted by molar-refractivity contribution is 5.85. The van der Waals surface area contributed by atoms with E-state index in [-0.39, 0.29) is 5.97 Å². The van der Waals surface area contributed by atoms with E-state index in [1.54, 1.807) is 19.1 Å². The molecule has 0 bridgehead atoms. The molecular formula is C23H32N2O4. The summed E-state index contributed by atoms with van der Waals surface area (Å²) in [5.41, 5.74) is 2.30. The van der Waals surface area contributed by atoms with Crippen LogP contribution in [0.2, 0.25) is 0 Å². The van der Waals surface area contributed by atoms with Crippen molar-refractivity contribution in [2.45, 2.75) is 46.6 Å². The van der Waals surface area contributed by atoms with Crippen LogP contribution in [0.25, 0.3) is 0 Å². The molecule has 0 radical (unpaired) electrons. The van der Waals surface area contributed by atoms with E-state index in [2.05, 4.69) is 29.7 Å². The van der Waals surface area contributed by atoms with Crippen LogP contribution in [0, 0.1) is 6.92 Å². The molecule has 0 aliphatic heterocycles. The summed E-state index contributed by atoms with van der Waals surface area (Å²) in [6.07, 6.45) is -0.179. The molecule has 2 aromatic rings. The first-order chi connectivity index (χ1) is 13.7. The van der Waals surface area contributed by atoms with Crippen molar-refractivity contribution < 1.29 is 19.1 Å². The van der Waals surface area contributed by atoms with Gasteiger partial charge in [-0.05, 0) is 58.9 Å². The largest absolute Gasteiger partial charge is 0.466 e. The van der Waals surface area contributed by atoms with Gasteiger partial charge in [0.05, 0.1) is 13.0 Å². The number of rotatable bonds is 6. The maximum atomic E-state index is 11.6. The lowest BCUT2D eigenvalue weighted by molar-refractivity contribution is -0.142. The van der Waals surface area contributed by atoms with Crippen LogP contribution in [0.3, 0.4) is 0 Å². The molecule has 0 aliphatic rings. The van der Waals surface area contributed by atoms with Crippen molar-refractivity contribution in [3.8, 4) is 0 Å². The normalized spacial score (nSPS) is 10.2. The van der Waals surface area contributed by atoms with Crippen molar-refractivity contribution in [3.63, 3.8) is 0 Å². The summed E-state index contributed by atoms with van der Waals surface area (Å²) in [5, 5.41) is 5.76. The van der Waals surface area contributed by atoms with Crippen LogP contribution in [-0.2, 0) is 14.3 Å². The average Bonchev–Trinajstić information content (AvgIpc) is 2.63. The topological polar surface area (TPSA) is 76.7 Å². The SMILES string of the molecule is CCOC(=O)CCNc1ccc(NC(=O)OC(C)(C)C)cc1.Cc1ccccc1. The first-order valence-electron chi connectivity index (χ1n) is 9.71. The Kier molecular flexibility index (Phi) is 10.3. The molecule has 2 rings (SSSR count). The van der Waals surface area contributed by atoms with Gasteiger partial charge in [-0.1, -0.05) is 35.9 Å². The molecule has 2 N–H and O–H groups in total. The summed E-state index contributed by atoms with van der Waals surface area (Å²) < 4.78 is 10.0. The zero-order valence-corrected chi connectivity index (χ0v) is 18.0. The molecule has 1 amide bonds. The minimum absolute atomic E-state index is 0.224. The standard InChI is InChI=1S/C16H24N2O4.C7H8/c1-5-21-14(19)10-11-17-12-6-8-13(9-7-12)18-15(20)22-16(2,3)4;1-7-5-3-2-4-6-7/h6-9,17H,5,10-11H2,1-4H3,(H,18,20);2-6H,1H3. The third-order valence-corrected chi connectivity index (χ3v) is 3.43. The molecule has 0 aliphatic carbocycles. The summed E-state index contributed by atoms with van der Waals surface area (Å²) >= 11 is 0. The molecular weight excluding hydrogens is 368 g/mol. The number of ether oxygens (including phenoxy) is 2. The highest BCUT2D eigenvalue weighted by Crippen LogP contribution is 2.15. The monoisotopic (exact) mass is 400 g/mol. The van der Waals surface area contributed by atoms with Crippen LogP contribution < -0.4 is 10.6 Å². The Bertz CT molecular complexity index is 738. The molecule has 0 saturated carbocycles. The van der Waals surface area contributed by atoms with Gasteiger partial charge in [-0.25, -0.2) is 4.79 Å². The highest BCUT2D eigenvalue weighted by atomic mass is 16.6. The van der Waals surface area contributed by atoms with Gasteiger partial charge < -0.3 is 14.8 Å². The lowest BCUT2D eigenvalue weighted by atomic mass is 10.2. The van der Waals surface area contributed by atoms with Crippen LogP contribution in [0.15, 0.2) is 54.6 Å². The summed E-state index contributed by atoms with van der Waals surface area (Å²) in [4.78, 5) is 22.8. The smallest absolute Gasteiger partial charge is 0.412 e. The fourth-order valence-corrected chi connectivity index (χ4v) is 2.17. The van der Waals surface area contributed by atoms with Crippen LogP contribution in [0.5, 0.6) is 0 Å². The van der Waals surface area contributed by atoms with Gasteiger partial charge in [0, 0.05) is 17.9 Å². The van der Waals surface area contributed by atoms with Gasteiger partial charge in [0.15, 0.2) is 0 Å². The van der Waals surface area contributed by atoms with Crippen LogP contribution in [0.1, 0.15) is 39.7 Å². The number of aryl methyl sites for hydroxylation is 1. The quantitative estimate of drug-likeness (QED) is 0.636. The number of nitrogens with one attached hydrogen (secondary N) is 2. The van der Waals surface area contributed by atoms with Gasteiger partial charge in [-0.15, -0.1) is 0 Å². The summed E-state index contributed by atoms with van der Waals surface area (Å²) in [7, 11) is 0. The van der Waals surface area contributed by atoms with Crippen molar-refractivity contribution in [2.24, 2.45) is 0 Å². The molecule has 0 heterocycles. The number of benzene rings is 2. The predicted octanol–water partition coefficient (Wildman–Crippen LogP) is 5.39. The van der Waals surface area contributed by atoms with Crippen LogP contribution in [-0.4, -0.2) is 30.8 Å². The second-order valence-corrected chi connectivity index (χ2v) is 7.34. The fraction of sp³-hybridized carbons (Fsp3) is 0.391. The third-order valence-electron chi connectivity index (χ3n) is 3.43. The summed E-state index contributed by atoms with van der Waals surface area (Å²) in [5.74, 6) is -0.224. The van der Waals surface area contributed by atoms with E-state index in [1.165, 1.54) is 5.56 Å². The molecule has 158 valence electrons. The molecule has 2 aromatic carbocycles. The molecule has 0 spiro atoms. The van der Waals surface area contributed by atoms with E-state index in [1.807, 2.05) is 51.1 Å². The Labute approximate surface area is 173 Å². The fourth-order valence-electron chi connectivity index (χ4n) is 2.17. The third kappa shape index (κ3) is 12.1. The molecule has 6 heteroatoms. The molecule has 0 aromatic heterocycles. The molecule has 0 unspecified atom stereocenters. The molecule has 0 saturated heterocycles. The number of hydrogen-bond donors (Lipinski definition) is 2. The molecule has 0 atom stereocenters. The Balaban J connectivity index is 0.000000502. The maximum Gasteiger partial charge on any atom is 0.412 e. The second kappa shape index (κ2) is 12.4. The summed E-state index contributed by atoms with van der Waals surface area (Å²) in [6.45, 7) is 10.2. The Morgan fingerprint density at radius 3 is 2.00 bits per heavy atom. The van der Waals surface area contributed by atoms with Crippen molar-refractivity contribution >= 4 is 23.4 Å². The van der Waals surface area contributed by atoms with Crippen molar-refractivity contribution in [1.82, 2.24) is 0 Å². The average molecular weight is 401 g/mol. The Hall–Kier alpha value is -3.02. The van der Waals surface area contributed by atoms with E-state index in [0.717, 1.165) is 5.69 Å². The zero-order chi connectivity index (χ0) is 21.7. The lowest BCUT2D eigenvalue weighted by Crippen LogP contribution is -2.27. The summed E-state index contributed by atoms with van der Waals surface area (Å²) in [6, 6.07) is 17.4. The van der Waals surface area contributed by atoms with Gasteiger partial charge >= 0.3 is 12.1 Å². The van der Waals surface area contributed by atoms with Gasteiger partial charge in [0.1, 0.15) is 5.60 Å². The minimum atomic E-state index is -0.529. The van der Waals surface area contributed by atoms with Crippen molar-refractivity contribution in [2.75, 3.05) is 23.8 Å². The minimum Gasteiger partial charge on any atom is -0.466 e. The van der Waals surface area contributed by atoms with E-state index in [4.69, 9.17) is 9.47 Å². The first kappa shape index (κ1) is 24.0. The number of esters is 1. The predicted molar refractivity (Wildman–Crippen MR) is 117 cm³/mol. The molecule has 0 fully saturated rings. The van der Waals surface area contributed by atoms with Crippen LogP contribution in [0.4, 0.5) is 16.2 Å². The van der Waals surface area contributed by atoms with Crippen LogP contribution >= 0.6 is 0 Å². The second-order valence-electron chi connectivity index (χ2n) is 7.34. The van der Waals surface area contributed by atoms with E-state index < -0.39 is 11.7 Å². The Morgan fingerprint density at radius 2 is 1.52 bits per heavy atom. The molecule has 6 nitrogen and oxygen atoms in total. The number of amides is 1. The van der Waals surface area contributed by atoms with E-state index in [9.17, 15) is 9.59 Å². The van der Waals surface area contributed by atoms with Gasteiger partial charge in [-0.2, -0.15) is 0 Å². The number of anilines is 2. The number of carbonyl (C=O) groups excluding carboxylic acids is 2. The van der Waals surface area contributed by atoms with Gasteiger partial charge in [0.2, 0.25) is 0 Å². The Morgan fingerprint density at radius 1 is 0.931 bits per heavy atom. The van der Waals surface area contributed by atoms with Gasteiger partial charge in [-0.3, -0.25) is 10.1 Å². The zero-order valence-electron chi connectivity index (χ0n) is 18.0. The maximum absolute atomic E-state index is 11.6. The highest BCUT2D eigenvalue weighted by Gasteiger charge is 2.16. The van der Waals surface area contributed by atoms with Crippen molar-refractivity contribution in [3.05, 3.63) is 60.2 Å². The number of hydrogen-bond acceptors (Lipinski definition) is 5. The van der Waals surface area contributed by atoms with E-state index in [0.29, 0.717) is 25.3 Å².